The van der Waals surface area contributed by atoms with E-state index >= 15 is 0 Å². The van der Waals surface area contributed by atoms with Gasteiger partial charge in [-0.05, 0) is 24.6 Å². The second kappa shape index (κ2) is 7.28. The summed E-state index contributed by atoms with van der Waals surface area (Å²) >= 11 is 0. The molecular weight excluding hydrogens is 254 g/mol. The monoisotopic (exact) mass is 273 g/mol. The summed E-state index contributed by atoms with van der Waals surface area (Å²) in [5, 5.41) is 2.90. The number of hydrogen-bond acceptors (Lipinski definition) is 3. The summed E-state index contributed by atoms with van der Waals surface area (Å²) in [6, 6.07) is 3.77. The van der Waals surface area contributed by atoms with E-state index in [0.29, 0.717) is 26.1 Å². The summed E-state index contributed by atoms with van der Waals surface area (Å²) in [7, 11) is 0. The number of pyridine rings is 1. The zero-order valence-electron chi connectivity index (χ0n) is 11.5. The number of urea groups is 1. The van der Waals surface area contributed by atoms with Gasteiger partial charge in [0.05, 0.1) is 0 Å². The number of carbonyl (C=O) groups excluding carboxylic acids is 1. The average Bonchev–Trinajstić information content (AvgIpc) is 2.99. The molecule has 0 fully saturated rings. The van der Waals surface area contributed by atoms with Crippen molar-refractivity contribution in [3.05, 3.63) is 48.3 Å². The number of amides is 2. The Balaban J connectivity index is 1.79. The summed E-state index contributed by atoms with van der Waals surface area (Å²) in [5.74, 6) is 0.877. The van der Waals surface area contributed by atoms with Crippen LogP contribution < -0.4 is 5.32 Å². The number of aromatic nitrogens is 3. The van der Waals surface area contributed by atoms with Crippen molar-refractivity contribution < 1.29 is 4.79 Å². The average molecular weight is 273 g/mol. The van der Waals surface area contributed by atoms with Crippen LogP contribution in [-0.2, 0) is 13.0 Å². The molecule has 2 aromatic rings. The van der Waals surface area contributed by atoms with Crippen LogP contribution in [0.4, 0.5) is 4.79 Å². The van der Waals surface area contributed by atoms with Crippen LogP contribution in [-0.4, -0.2) is 39.0 Å². The maximum absolute atomic E-state index is 12.1. The van der Waals surface area contributed by atoms with Gasteiger partial charge < -0.3 is 15.2 Å². The Morgan fingerprint density at radius 3 is 2.80 bits per heavy atom. The molecule has 0 radical (unpaired) electrons. The third-order valence-electron chi connectivity index (χ3n) is 2.98. The van der Waals surface area contributed by atoms with Crippen LogP contribution in [0, 0.1) is 0 Å². The van der Waals surface area contributed by atoms with Crippen LogP contribution in [0.2, 0.25) is 0 Å². The first-order chi connectivity index (χ1) is 9.79. The first-order valence-electron chi connectivity index (χ1n) is 6.69. The zero-order valence-corrected chi connectivity index (χ0v) is 11.5. The molecule has 0 aliphatic rings. The largest absolute Gasteiger partial charge is 0.349 e. The van der Waals surface area contributed by atoms with E-state index in [0.717, 1.165) is 11.4 Å². The molecule has 0 aromatic carbocycles. The van der Waals surface area contributed by atoms with Gasteiger partial charge in [0.2, 0.25) is 0 Å². The lowest BCUT2D eigenvalue weighted by Crippen LogP contribution is -2.40. The van der Waals surface area contributed by atoms with Crippen molar-refractivity contribution in [3.63, 3.8) is 0 Å². The standard InChI is InChI=1S/C14H19N5O/c1-2-19(11-12-3-6-15-7-4-12)14(20)18-8-5-13-16-9-10-17-13/h3-4,6-7,9-10H,2,5,8,11H2,1H3,(H,16,17)(H,18,20). The number of rotatable bonds is 6. The lowest BCUT2D eigenvalue weighted by molar-refractivity contribution is 0.198. The molecule has 0 unspecified atom stereocenters. The van der Waals surface area contributed by atoms with Crippen molar-refractivity contribution in [2.75, 3.05) is 13.1 Å². The number of nitrogens with one attached hydrogen (secondary N) is 2. The predicted octanol–water partition coefficient (Wildman–Crippen LogP) is 1.58. The number of H-pyrrole nitrogens is 1. The van der Waals surface area contributed by atoms with E-state index in [9.17, 15) is 4.79 Å². The third-order valence-corrected chi connectivity index (χ3v) is 2.98. The molecule has 6 heteroatoms. The van der Waals surface area contributed by atoms with Gasteiger partial charge in [-0.3, -0.25) is 4.98 Å². The van der Waals surface area contributed by atoms with Gasteiger partial charge in [-0.25, -0.2) is 9.78 Å². The molecule has 2 rings (SSSR count). The van der Waals surface area contributed by atoms with Gasteiger partial charge in [0.1, 0.15) is 5.82 Å². The summed E-state index contributed by atoms with van der Waals surface area (Å²) in [6.45, 7) is 3.78. The minimum Gasteiger partial charge on any atom is -0.349 e. The van der Waals surface area contributed by atoms with Gasteiger partial charge in [-0.2, -0.15) is 0 Å². The molecule has 0 bridgehead atoms. The SMILES string of the molecule is CCN(Cc1ccncc1)C(=O)NCCc1ncc[nH]1. The smallest absolute Gasteiger partial charge is 0.317 e. The van der Waals surface area contributed by atoms with Gasteiger partial charge in [0.25, 0.3) is 0 Å². The first kappa shape index (κ1) is 14.0. The number of carbonyl (C=O) groups is 1. The molecule has 0 spiro atoms. The number of aromatic amines is 1. The van der Waals surface area contributed by atoms with E-state index in [1.807, 2.05) is 19.1 Å². The highest BCUT2D eigenvalue weighted by molar-refractivity contribution is 5.74. The van der Waals surface area contributed by atoms with E-state index in [1.54, 1.807) is 29.7 Å². The molecule has 106 valence electrons. The third kappa shape index (κ3) is 4.08. The Morgan fingerprint density at radius 1 is 1.35 bits per heavy atom. The molecule has 0 saturated carbocycles. The summed E-state index contributed by atoms with van der Waals surface area (Å²) in [5.41, 5.74) is 1.07. The van der Waals surface area contributed by atoms with Gasteiger partial charge in [0.15, 0.2) is 0 Å². The molecule has 20 heavy (non-hydrogen) atoms. The molecule has 0 atom stereocenters. The van der Waals surface area contributed by atoms with Gasteiger partial charge in [-0.1, -0.05) is 0 Å². The second-order valence-corrected chi connectivity index (χ2v) is 4.39. The molecule has 2 amide bonds. The quantitative estimate of drug-likeness (QED) is 0.839. The number of hydrogen-bond donors (Lipinski definition) is 2. The van der Waals surface area contributed by atoms with E-state index < -0.39 is 0 Å². The molecule has 2 N–H and O–H groups in total. The maximum atomic E-state index is 12.1. The van der Waals surface area contributed by atoms with Crippen LogP contribution in [0.15, 0.2) is 36.9 Å². The Bertz CT molecular complexity index is 512. The molecular formula is C14H19N5O. The van der Waals surface area contributed by atoms with Crippen LogP contribution >= 0.6 is 0 Å². The van der Waals surface area contributed by atoms with Crippen LogP contribution in [0.25, 0.3) is 0 Å². The van der Waals surface area contributed by atoms with Crippen molar-refractivity contribution in [2.24, 2.45) is 0 Å². The van der Waals surface area contributed by atoms with Gasteiger partial charge >= 0.3 is 6.03 Å². The fraction of sp³-hybridized carbons (Fsp3) is 0.357. The first-order valence-corrected chi connectivity index (χ1v) is 6.69. The second-order valence-electron chi connectivity index (χ2n) is 4.39. The Hall–Kier alpha value is -2.37. The topological polar surface area (TPSA) is 73.9 Å². The Labute approximate surface area is 118 Å². The van der Waals surface area contributed by atoms with Crippen molar-refractivity contribution in [1.29, 1.82) is 0 Å². The molecule has 0 aliphatic carbocycles. The van der Waals surface area contributed by atoms with Crippen LogP contribution in [0.5, 0.6) is 0 Å². The number of nitrogens with zero attached hydrogens (tertiary/aromatic N) is 3. The maximum Gasteiger partial charge on any atom is 0.317 e. The van der Waals surface area contributed by atoms with Gasteiger partial charge in [0, 0.05) is 50.8 Å². The van der Waals surface area contributed by atoms with Crippen molar-refractivity contribution in [1.82, 2.24) is 25.2 Å². The van der Waals surface area contributed by atoms with Crippen molar-refractivity contribution in [2.45, 2.75) is 19.9 Å². The normalized spacial score (nSPS) is 10.2. The minimum absolute atomic E-state index is 0.0594. The summed E-state index contributed by atoms with van der Waals surface area (Å²) < 4.78 is 0. The predicted molar refractivity (Wildman–Crippen MR) is 76.0 cm³/mol. The lowest BCUT2D eigenvalue weighted by atomic mass is 10.2. The zero-order chi connectivity index (χ0) is 14.2. The van der Waals surface area contributed by atoms with E-state index in [1.165, 1.54) is 0 Å². The lowest BCUT2D eigenvalue weighted by Gasteiger charge is -2.21. The van der Waals surface area contributed by atoms with Crippen molar-refractivity contribution in [3.8, 4) is 0 Å². The fourth-order valence-electron chi connectivity index (χ4n) is 1.87. The minimum atomic E-state index is -0.0594. The Kier molecular flexibility index (Phi) is 5.11. The Morgan fingerprint density at radius 2 is 2.15 bits per heavy atom. The van der Waals surface area contributed by atoms with Crippen molar-refractivity contribution >= 4 is 6.03 Å². The van der Waals surface area contributed by atoms with Gasteiger partial charge in [-0.15, -0.1) is 0 Å². The van der Waals surface area contributed by atoms with E-state index in [2.05, 4.69) is 20.3 Å². The molecule has 0 aliphatic heterocycles. The summed E-state index contributed by atoms with van der Waals surface area (Å²) in [4.78, 5) is 24.9. The molecule has 0 saturated heterocycles. The highest BCUT2D eigenvalue weighted by Gasteiger charge is 2.11. The summed E-state index contributed by atoms with van der Waals surface area (Å²) in [6.07, 6.45) is 7.65. The van der Waals surface area contributed by atoms with Crippen LogP contribution in [0.1, 0.15) is 18.3 Å². The highest BCUT2D eigenvalue weighted by Crippen LogP contribution is 2.03. The molecule has 2 heterocycles. The fourth-order valence-corrected chi connectivity index (χ4v) is 1.87. The number of imidazole rings is 1. The molecule has 6 nitrogen and oxygen atoms in total. The van der Waals surface area contributed by atoms with Crippen LogP contribution in [0.3, 0.4) is 0 Å². The van der Waals surface area contributed by atoms with E-state index in [-0.39, 0.29) is 6.03 Å². The molecule has 2 aromatic heterocycles. The van der Waals surface area contributed by atoms with E-state index in [4.69, 9.17) is 0 Å². The highest BCUT2D eigenvalue weighted by atomic mass is 16.2.